The lowest BCUT2D eigenvalue weighted by Crippen LogP contribution is -2.41. The van der Waals surface area contributed by atoms with Crippen molar-refractivity contribution in [3.63, 3.8) is 0 Å². The number of terminal acetylenes is 1. The van der Waals surface area contributed by atoms with Gasteiger partial charge in [-0.1, -0.05) is 5.92 Å². The van der Waals surface area contributed by atoms with E-state index in [9.17, 15) is 9.59 Å². The largest absolute Gasteiger partial charge is 0.358 e. The van der Waals surface area contributed by atoms with E-state index in [2.05, 4.69) is 16.6 Å². The highest BCUT2D eigenvalue weighted by atomic mass is 16.2. The Morgan fingerprint density at radius 3 is 2.64 bits per heavy atom. The van der Waals surface area contributed by atoms with Crippen LogP contribution in [0.2, 0.25) is 0 Å². The first kappa shape index (κ1) is 12.5. The van der Waals surface area contributed by atoms with Gasteiger partial charge in [-0.2, -0.15) is 0 Å². The molecule has 0 aliphatic heterocycles. The molecule has 0 unspecified atom stereocenters. The van der Waals surface area contributed by atoms with Crippen LogP contribution < -0.4 is 10.6 Å². The number of likely N-dealkylation sites (N-methyl/N-ethyl adjacent to an activating group) is 2. The summed E-state index contributed by atoms with van der Waals surface area (Å²) in [5.41, 5.74) is 0. The van der Waals surface area contributed by atoms with Crippen molar-refractivity contribution in [1.29, 1.82) is 0 Å². The third kappa shape index (κ3) is 5.17. The van der Waals surface area contributed by atoms with Gasteiger partial charge >= 0.3 is 0 Å². The van der Waals surface area contributed by atoms with Crippen LogP contribution in [0.3, 0.4) is 0 Å². The summed E-state index contributed by atoms with van der Waals surface area (Å²) in [7, 11) is 3.09. The van der Waals surface area contributed by atoms with E-state index in [1.54, 1.807) is 7.05 Å². The Balaban J connectivity index is 3.77. The van der Waals surface area contributed by atoms with E-state index in [0.717, 1.165) is 0 Å². The molecule has 0 aliphatic rings. The van der Waals surface area contributed by atoms with Crippen molar-refractivity contribution < 1.29 is 9.59 Å². The van der Waals surface area contributed by atoms with Crippen LogP contribution in [0.5, 0.6) is 0 Å². The molecule has 0 saturated heterocycles. The van der Waals surface area contributed by atoms with Crippen molar-refractivity contribution in [2.45, 2.75) is 0 Å². The molecule has 0 aromatic heterocycles. The lowest BCUT2D eigenvalue weighted by Gasteiger charge is -2.15. The highest BCUT2D eigenvalue weighted by Crippen LogP contribution is 1.82. The third-order valence-electron chi connectivity index (χ3n) is 1.59. The average Bonchev–Trinajstić information content (AvgIpc) is 2.17. The first-order valence-electron chi connectivity index (χ1n) is 4.20. The summed E-state index contributed by atoms with van der Waals surface area (Å²) >= 11 is 0. The highest BCUT2D eigenvalue weighted by molar-refractivity contribution is 5.85. The molecule has 0 aromatic carbocycles. The molecule has 0 aromatic rings. The van der Waals surface area contributed by atoms with Crippen LogP contribution in [0.25, 0.3) is 0 Å². The van der Waals surface area contributed by atoms with Crippen molar-refractivity contribution in [2.24, 2.45) is 0 Å². The molecule has 2 amide bonds. The maximum absolute atomic E-state index is 11.3. The highest BCUT2D eigenvalue weighted by Gasteiger charge is 2.10. The zero-order valence-electron chi connectivity index (χ0n) is 8.46. The molecule has 0 fully saturated rings. The maximum atomic E-state index is 11.3. The normalized spacial score (nSPS) is 8.93. The summed E-state index contributed by atoms with van der Waals surface area (Å²) < 4.78 is 0. The molecular formula is C9H15N3O2. The lowest BCUT2D eigenvalue weighted by molar-refractivity contribution is -0.133. The van der Waals surface area contributed by atoms with Gasteiger partial charge in [0.25, 0.3) is 0 Å². The van der Waals surface area contributed by atoms with E-state index in [1.807, 2.05) is 0 Å². The zero-order valence-corrected chi connectivity index (χ0v) is 8.46. The third-order valence-corrected chi connectivity index (χ3v) is 1.59. The summed E-state index contributed by atoms with van der Waals surface area (Å²) in [6.45, 7) is 0.560. The second-order valence-corrected chi connectivity index (χ2v) is 2.73. The molecule has 14 heavy (non-hydrogen) atoms. The molecule has 0 saturated carbocycles. The number of amides is 2. The van der Waals surface area contributed by atoms with Crippen LogP contribution in [0.4, 0.5) is 0 Å². The first-order valence-corrected chi connectivity index (χ1v) is 4.20. The van der Waals surface area contributed by atoms with Crippen LogP contribution >= 0.6 is 0 Å². The molecule has 0 heterocycles. The van der Waals surface area contributed by atoms with Crippen LogP contribution in [-0.4, -0.2) is 50.4 Å². The Morgan fingerprint density at radius 2 is 2.14 bits per heavy atom. The number of rotatable bonds is 5. The molecule has 78 valence electrons. The molecule has 2 N–H and O–H groups in total. The fraction of sp³-hybridized carbons (Fsp3) is 0.556. The Labute approximate surface area is 83.8 Å². The van der Waals surface area contributed by atoms with E-state index in [0.29, 0.717) is 6.54 Å². The number of carbonyl (C=O) groups excluding carboxylic acids is 2. The van der Waals surface area contributed by atoms with Crippen molar-refractivity contribution in [2.75, 3.05) is 33.7 Å². The quantitative estimate of drug-likeness (QED) is 0.413. The number of hydrogen-bond donors (Lipinski definition) is 2. The summed E-state index contributed by atoms with van der Waals surface area (Å²) in [5, 5.41) is 5.18. The van der Waals surface area contributed by atoms with E-state index in [4.69, 9.17) is 6.42 Å². The van der Waals surface area contributed by atoms with Gasteiger partial charge in [-0.3, -0.25) is 14.9 Å². The van der Waals surface area contributed by atoms with Gasteiger partial charge in [0.05, 0.1) is 19.6 Å². The standard InChI is InChI=1S/C9H15N3O2/c1-4-5-11-6-9(14)12(3)7-8(13)10-2/h1,11H,5-7H2,2-3H3,(H,10,13). The predicted octanol–water partition coefficient (Wildman–Crippen LogP) is -1.59. The zero-order chi connectivity index (χ0) is 11.0. The molecule has 0 bridgehead atoms. The van der Waals surface area contributed by atoms with E-state index in [-0.39, 0.29) is 24.9 Å². The molecule has 0 rings (SSSR count). The van der Waals surface area contributed by atoms with Crippen LogP contribution in [0.1, 0.15) is 0 Å². The fourth-order valence-corrected chi connectivity index (χ4v) is 0.759. The minimum Gasteiger partial charge on any atom is -0.358 e. The number of nitrogens with one attached hydrogen (secondary N) is 2. The van der Waals surface area contributed by atoms with Gasteiger partial charge in [-0.05, 0) is 0 Å². The Hall–Kier alpha value is -1.54. The minimum absolute atomic E-state index is 0.0626. The fourth-order valence-electron chi connectivity index (χ4n) is 0.759. The number of carbonyl (C=O) groups is 2. The monoisotopic (exact) mass is 197 g/mol. The van der Waals surface area contributed by atoms with Gasteiger partial charge in [0.15, 0.2) is 0 Å². The van der Waals surface area contributed by atoms with Crippen molar-refractivity contribution in [3.05, 3.63) is 0 Å². The second-order valence-electron chi connectivity index (χ2n) is 2.73. The summed E-state index contributed by atoms with van der Waals surface area (Å²) in [5.74, 6) is 1.99. The topological polar surface area (TPSA) is 61.4 Å². The maximum Gasteiger partial charge on any atom is 0.239 e. The minimum atomic E-state index is -0.196. The van der Waals surface area contributed by atoms with E-state index < -0.39 is 0 Å². The molecule has 5 heteroatoms. The van der Waals surface area contributed by atoms with E-state index in [1.165, 1.54) is 11.9 Å². The van der Waals surface area contributed by atoms with Gasteiger partial charge < -0.3 is 10.2 Å². The number of hydrogen-bond acceptors (Lipinski definition) is 3. The molecular weight excluding hydrogens is 182 g/mol. The van der Waals surface area contributed by atoms with Crippen LogP contribution in [-0.2, 0) is 9.59 Å². The second kappa shape index (κ2) is 6.92. The predicted molar refractivity (Wildman–Crippen MR) is 53.4 cm³/mol. The first-order chi connectivity index (χ1) is 6.61. The van der Waals surface area contributed by atoms with Gasteiger partial charge in [-0.15, -0.1) is 6.42 Å². The molecule has 0 atom stereocenters. The summed E-state index contributed by atoms with van der Waals surface area (Å²) in [6.07, 6.45) is 4.99. The van der Waals surface area contributed by atoms with Crippen LogP contribution in [0, 0.1) is 12.3 Å². The molecule has 0 aliphatic carbocycles. The van der Waals surface area contributed by atoms with Crippen molar-refractivity contribution in [1.82, 2.24) is 15.5 Å². The smallest absolute Gasteiger partial charge is 0.239 e. The van der Waals surface area contributed by atoms with Crippen LogP contribution in [0.15, 0.2) is 0 Å². The Bertz CT molecular complexity index is 245. The van der Waals surface area contributed by atoms with Gasteiger partial charge in [-0.25, -0.2) is 0 Å². The summed E-state index contributed by atoms with van der Waals surface area (Å²) in [6, 6.07) is 0. The van der Waals surface area contributed by atoms with Gasteiger partial charge in [0.2, 0.25) is 11.8 Å². The van der Waals surface area contributed by atoms with Crippen molar-refractivity contribution in [3.8, 4) is 12.3 Å². The molecule has 0 spiro atoms. The SMILES string of the molecule is C#CCNCC(=O)N(C)CC(=O)NC. The van der Waals surface area contributed by atoms with Crippen molar-refractivity contribution >= 4 is 11.8 Å². The number of nitrogens with zero attached hydrogens (tertiary/aromatic N) is 1. The van der Waals surface area contributed by atoms with Gasteiger partial charge in [0.1, 0.15) is 0 Å². The Morgan fingerprint density at radius 1 is 1.50 bits per heavy atom. The molecule has 0 radical (unpaired) electrons. The van der Waals surface area contributed by atoms with E-state index >= 15 is 0 Å². The lowest BCUT2D eigenvalue weighted by atomic mass is 10.4. The molecule has 5 nitrogen and oxygen atoms in total. The summed E-state index contributed by atoms with van der Waals surface area (Å²) in [4.78, 5) is 23.5. The van der Waals surface area contributed by atoms with Gasteiger partial charge in [0, 0.05) is 14.1 Å². The Kier molecular flexibility index (Phi) is 6.16. The average molecular weight is 197 g/mol.